The number of nitrogens with zero attached hydrogens (tertiary/aromatic N) is 3. The highest BCUT2D eigenvalue weighted by Crippen LogP contribution is 2.25. The van der Waals surface area contributed by atoms with Crippen molar-refractivity contribution in [2.24, 2.45) is 0 Å². The van der Waals surface area contributed by atoms with Gasteiger partial charge in [0.25, 0.3) is 0 Å². The summed E-state index contributed by atoms with van der Waals surface area (Å²) < 4.78 is 5.63. The van der Waals surface area contributed by atoms with E-state index in [0.29, 0.717) is 17.6 Å². The predicted molar refractivity (Wildman–Crippen MR) is 68.8 cm³/mol. The zero-order valence-corrected chi connectivity index (χ0v) is 10.9. The van der Waals surface area contributed by atoms with E-state index >= 15 is 0 Å². The molecular formula is C11H17ClN4O. The van der Waals surface area contributed by atoms with E-state index in [2.05, 4.69) is 27.1 Å². The smallest absolute Gasteiger partial charge is 0.224 e. The third-order valence-corrected chi connectivity index (χ3v) is 3.11. The van der Waals surface area contributed by atoms with E-state index in [-0.39, 0.29) is 6.10 Å². The van der Waals surface area contributed by atoms with Gasteiger partial charge in [0.15, 0.2) is 5.82 Å². The van der Waals surface area contributed by atoms with Crippen LogP contribution in [0.3, 0.4) is 0 Å². The molecule has 1 N–H and O–H groups in total. The highest BCUT2D eigenvalue weighted by molar-refractivity contribution is 6.32. The molecule has 0 radical (unpaired) electrons. The summed E-state index contributed by atoms with van der Waals surface area (Å²) in [5.74, 6) is 1.37. The quantitative estimate of drug-likeness (QED) is 0.894. The Labute approximate surface area is 106 Å². The minimum absolute atomic E-state index is 0.257. The number of rotatable bonds is 3. The first-order chi connectivity index (χ1) is 8.24. The van der Waals surface area contributed by atoms with Gasteiger partial charge < -0.3 is 15.0 Å². The number of anilines is 2. The van der Waals surface area contributed by atoms with Gasteiger partial charge in [-0.05, 0) is 6.42 Å². The van der Waals surface area contributed by atoms with E-state index in [4.69, 9.17) is 16.3 Å². The van der Waals surface area contributed by atoms with E-state index < -0.39 is 0 Å². The van der Waals surface area contributed by atoms with E-state index in [1.165, 1.54) is 0 Å². The van der Waals surface area contributed by atoms with E-state index in [1.807, 2.05) is 0 Å². The molecule has 17 heavy (non-hydrogen) atoms. The van der Waals surface area contributed by atoms with Gasteiger partial charge in [-0.2, -0.15) is 4.98 Å². The van der Waals surface area contributed by atoms with Gasteiger partial charge in [-0.25, -0.2) is 4.98 Å². The van der Waals surface area contributed by atoms with Crippen LogP contribution in [-0.4, -0.2) is 42.8 Å². The molecule has 2 rings (SSSR count). The third-order valence-electron chi connectivity index (χ3n) is 2.84. The minimum Gasteiger partial charge on any atom is -0.375 e. The highest BCUT2D eigenvalue weighted by atomic mass is 35.5. The molecule has 0 amide bonds. The van der Waals surface area contributed by atoms with Crippen LogP contribution >= 0.6 is 11.6 Å². The van der Waals surface area contributed by atoms with Crippen LogP contribution in [-0.2, 0) is 4.74 Å². The second-order valence-electron chi connectivity index (χ2n) is 3.96. The Kier molecular flexibility index (Phi) is 4.02. The van der Waals surface area contributed by atoms with Crippen molar-refractivity contribution >= 4 is 23.4 Å². The van der Waals surface area contributed by atoms with Gasteiger partial charge in [0.2, 0.25) is 5.95 Å². The lowest BCUT2D eigenvalue weighted by molar-refractivity contribution is 0.0382. The summed E-state index contributed by atoms with van der Waals surface area (Å²) in [6.45, 7) is 4.48. The Hall–Kier alpha value is -1.07. The number of aromatic nitrogens is 2. The summed E-state index contributed by atoms with van der Waals surface area (Å²) in [4.78, 5) is 10.6. The maximum absolute atomic E-state index is 6.14. The fourth-order valence-corrected chi connectivity index (χ4v) is 2.07. The predicted octanol–water partition coefficient (Wildman–Crippen LogP) is 1.79. The molecule has 0 aromatic carbocycles. The van der Waals surface area contributed by atoms with Crippen LogP contribution in [0.25, 0.3) is 0 Å². The summed E-state index contributed by atoms with van der Waals surface area (Å²) in [5.41, 5.74) is 0. The molecular weight excluding hydrogens is 240 g/mol. The summed E-state index contributed by atoms with van der Waals surface area (Å²) >= 11 is 6.14. The molecule has 2 heterocycles. The van der Waals surface area contributed by atoms with Crippen molar-refractivity contribution in [1.29, 1.82) is 0 Å². The van der Waals surface area contributed by atoms with E-state index in [9.17, 15) is 0 Å². The summed E-state index contributed by atoms with van der Waals surface area (Å²) in [6, 6.07) is 0. The number of hydrogen-bond acceptors (Lipinski definition) is 5. The molecule has 6 heteroatoms. The zero-order valence-electron chi connectivity index (χ0n) is 10.1. The number of halogens is 1. The lowest BCUT2D eigenvalue weighted by Gasteiger charge is -2.33. The molecule has 0 spiro atoms. The molecule has 0 aliphatic carbocycles. The highest BCUT2D eigenvalue weighted by Gasteiger charge is 2.22. The SMILES string of the molecule is CCC1CN(c2nc(NC)ncc2Cl)CCO1. The van der Waals surface area contributed by atoms with Crippen LogP contribution in [0, 0.1) is 0 Å². The van der Waals surface area contributed by atoms with Crippen LogP contribution in [0.2, 0.25) is 5.02 Å². The molecule has 1 saturated heterocycles. The van der Waals surface area contributed by atoms with Crippen LogP contribution in [0.5, 0.6) is 0 Å². The summed E-state index contributed by atoms with van der Waals surface area (Å²) in [6.07, 6.45) is 2.89. The second kappa shape index (κ2) is 5.51. The fraction of sp³-hybridized carbons (Fsp3) is 0.636. The molecule has 1 aliphatic rings. The topological polar surface area (TPSA) is 50.3 Å². The summed E-state index contributed by atoms with van der Waals surface area (Å²) in [7, 11) is 1.79. The van der Waals surface area contributed by atoms with Crippen molar-refractivity contribution in [1.82, 2.24) is 9.97 Å². The van der Waals surface area contributed by atoms with Crippen LogP contribution in [0.4, 0.5) is 11.8 Å². The van der Waals surface area contributed by atoms with Gasteiger partial charge in [0.1, 0.15) is 5.02 Å². The first-order valence-corrected chi connectivity index (χ1v) is 6.19. The molecule has 5 nitrogen and oxygen atoms in total. The normalized spacial score (nSPS) is 20.4. The first-order valence-electron chi connectivity index (χ1n) is 5.81. The van der Waals surface area contributed by atoms with Gasteiger partial charge in [0.05, 0.1) is 18.9 Å². The Bertz CT molecular complexity index is 388. The van der Waals surface area contributed by atoms with E-state index in [1.54, 1.807) is 13.2 Å². The molecule has 1 atom stereocenters. The van der Waals surface area contributed by atoms with Gasteiger partial charge >= 0.3 is 0 Å². The maximum Gasteiger partial charge on any atom is 0.224 e. The zero-order chi connectivity index (χ0) is 12.3. The molecule has 94 valence electrons. The number of ether oxygens (including phenoxy) is 1. The number of morpholine rings is 1. The van der Waals surface area contributed by atoms with Crippen molar-refractivity contribution in [3.8, 4) is 0 Å². The molecule has 1 aromatic rings. The third kappa shape index (κ3) is 2.79. The van der Waals surface area contributed by atoms with Crippen molar-refractivity contribution in [3.63, 3.8) is 0 Å². The number of nitrogens with one attached hydrogen (secondary N) is 1. The molecule has 1 fully saturated rings. The lowest BCUT2D eigenvalue weighted by Crippen LogP contribution is -2.42. The van der Waals surface area contributed by atoms with Gasteiger partial charge in [0, 0.05) is 20.1 Å². The van der Waals surface area contributed by atoms with Crippen LogP contribution < -0.4 is 10.2 Å². The average Bonchev–Trinajstić information content (AvgIpc) is 2.39. The van der Waals surface area contributed by atoms with Gasteiger partial charge in [-0.3, -0.25) is 0 Å². The largest absolute Gasteiger partial charge is 0.375 e. The van der Waals surface area contributed by atoms with Crippen LogP contribution in [0.1, 0.15) is 13.3 Å². The van der Waals surface area contributed by atoms with Crippen molar-refractivity contribution in [2.75, 3.05) is 37.0 Å². The Morgan fingerprint density at radius 1 is 1.65 bits per heavy atom. The Balaban J connectivity index is 2.20. The van der Waals surface area contributed by atoms with Gasteiger partial charge in [-0.1, -0.05) is 18.5 Å². The van der Waals surface area contributed by atoms with Gasteiger partial charge in [-0.15, -0.1) is 0 Å². The maximum atomic E-state index is 6.14. The Morgan fingerprint density at radius 3 is 3.18 bits per heavy atom. The molecule has 1 unspecified atom stereocenters. The van der Waals surface area contributed by atoms with Crippen LogP contribution in [0.15, 0.2) is 6.20 Å². The fourth-order valence-electron chi connectivity index (χ4n) is 1.86. The number of hydrogen-bond donors (Lipinski definition) is 1. The standard InChI is InChI=1S/C11H17ClN4O/c1-3-8-7-16(4-5-17-8)10-9(12)6-14-11(13-2)15-10/h6,8H,3-5,7H2,1-2H3,(H,13,14,15). The van der Waals surface area contributed by atoms with Crippen molar-refractivity contribution in [2.45, 2.75) is 19.4 Å². The second-order valence-corrected chi connectivity index (χ2v) is 4.37. The molecule has 0 bridgehead atoms. The lowest BCUT2D eigenvalue weighted by atomic mass is 10.2. The minimum atomic E-state index is 0.257. The van der Waals surface area contributed by atoms with E-state index in [0.717, 1.165) is 25.3 Å². The summed E-state index contributed by atoms with van der Waals surface area (Å²) in [5, 5.41) is 3.50. The Morgan fingerprint density at radius 2 is 2.47 bits per heavy atom. The molecule has 1 aliphatic heterocycles. The van der Waals surface area contributed by atoms with Crippen molar-refractivity contribution in [3.05, 3.63) is 11.2 Å². The first kappa shape index (κ1) is 12.4. The average molecular weight is 257 g/mol. The van der Waals surface area contributed by atoms with Crippen molar-refractivity contribution < 1.29 is 4.74 Å². The molecule has 0 saturated carbocycles. The monoisotopic (exact) mass is 256 g/mol. The molecule has 1 aromatic heterocycles.